The molecule has 20 heavy (non-hydrogen) atoms. The molecule has 0 aliphatic heterocycles. The third-order valence-electron chi connectivity index (χ3n) is 5.29. The van der Waals surface area contributed by atoms with Gasteiger partial charge < -0.3 is 10.6 Å². The molecule has 2 saturated carbocycles. The first-order chi connectivity index (χ1) is 9.82. The van der Waals surface area contributed by atoms with Crippen molar-refractivity contribution in [1.29, 1.82) is 0 Å². The quantitative estimate of drug-likeness (QED) is 0.443. The second-order valence-electron chi connectivity index (χ2n) is 6.85. The van der Waals surface area contributed by atoms with Gasteiger partial charge in [0.25, 0.3) is 0 Å². The van der Waals surface area contributed by atoms with E-state index in [4.69, 9.17) is 0 Å². The Morgan fingerprint density at radius 1 is 1.30 bits per heavy atom. The molecule has 3 rings (SSSR count). The fraction of sp³-hybridized carbons (Fsp3) is 0.824. The van der Waals surface area contributed by atoms with Gasteiger partial charge in [0.05, 0.1) is 0 Å². The lowest BCUT2D eigenvalue weighted by atomic mass is 9.97. The van der Waals surface area contributed by atoms with Crippen LogP contribution in [0, 0.1) is 11.3 Å². The second kappa shape index (κ2) is 6.19. The Hall–Kier alpha value is -0.990. The molecule has 0 bridgehead atoms. The number of nitrogens with one attached hydrogen (secondary N) is 2. The van der Waals surface area contributed by atoms with Crippen molar-refractivity contribution in [2.24, 2.45) is 16.3 Å². The van der Waals surface area contributed by atoms with E-state index in [1.54, 1.807) is 5.57 Å². The molecular formula is C17H29N3. The van der Waals surface area contributed by atoms with Crippen LogP contribution in [-0.2, 0) is 0 Å². The topological polar surface area (TPSA) is 36.4 Å². The lowest BCUT2D eigenvalue weighted by Gasteiger charge is -2.19. The summed E-state index contributed by atoms with van der Waals surface area (Å²) in [5, 5.41) is 7.03. The van der Waals surface area contributed by atoms with Gasteiger partial charge in [-0.05, 0) is 69.1 Å². The molecule has 0 radical (unpaired) electrons. The summed E-state index contributed by atoms with van der Waals surface area (Å²) in [5.41, 5.74) is 2.28. The normalized spacial score (nSPS) is 25.1. The molecule has 0 heterocycles. The zero-order chi connectivity index (χ0) is 13.8. The molecule has 2 fully saturated rings. The van der Waals surface area contributed by atoms with Crippen LogP contribution >= 0.6 is 0 Å². The Labute approximate surface area is 123 Å². The van der Waals surface area contributed by atoms with Crippen molar-refractivity contribution in [1.82, 2.24) is 10.6 Å². The molecule has 112 valence electrons. The van der Waals surface area contributed by atoms with Gasteiger partial charge in [0.15, 0.2) is 5.96 Å². The minimum Gasteiger partial charge on any atom is -0.356 e. The van der Waals surface area contributed by atoms with Crippen LogP contribution in [0.1, 0.15) is 57.8 Å². The van der Waals surface area contributed by atoms with Crippen LogP contribution in [0.5, 0.6) is 0 Å². The molecule has 0 aromatic rings. The zero-order valence-corrected chi connectivity index (χ0v) is 12.9. The summed E-state index contributed by atoms with van der Waals surface area (Å²) >= 11 is 0. The average molecular weight is 275 g/mol. The highest BCUT2D eigenvalue weighted by molar-refractivity contribution is 5.79. The molecule has 0 amide bonds. The number of allylic oxidation sites excluding steroid dienone is 1. The molecule has 0 saturated heterocycles. The highest BCUT2D eigenvalue weighted by atomic mass is 15.2. The maximum atomic E-state index is 4.36. The van der Waals surface area contributed by atoms with E-state index >= 15 is 0 Å². The van der Waals surface area contributed by atoms with E-state index < -0.39 is 0 Å². The van der Waals surface area contributed by atoms with Gasteiger partial charge in [-0.3, -0.25) is 4.99 Å². The largest absolute Gasteiger partial charge is 0.356 e. The minimum absolute atomic E-state index is 0.642. The molecule has 3 heteroatoms. The fourth-order valence-electron chi connectivity index (χ4n) is 3.54. The number of rotatable bonds is 6. The molecule has 0 unspecified atom stereocenters. The van der Waals surface area contributed by atoms with Crippen molar-refractivity contribution in [2.75, 3.05) is 20.1 Å². The van der Waals surface area contributed by atoms with Crippen molar-refractivity contribution in [2.45, 2.75) is 57.8 Å². The van der Waals surface area contributed by atoms with Crippen molar-refractivity contribution >= 4 is 5.96 Å². The van der Waals surface area contributed by atoms with Gasteiger partial charge >= 0.3 is 0 Å². The van der Waals surface area contributed by atoms with Crippen molar-refractivity contribution in [3.63, 3.8) is 0 Å². The Bertz CT molecular complexity index is 389. The van der Waals surface area contributed by atoms with E-state index in [0.717, 1.165) is 25.0 Å². The molecule has 0 aromatic carbocycles. The first-order valence-corrected chi connectivity index (χ1v) is 8.45. The molecule has 3 aliphatic rings. The SMILES string of the molecule is CN=C(NCCC1=CCCCC1)NCC1(C2CC2)CC1. The molecule has 3 aliphatic carbocycles. The van der Waals surface area contributed by atoms with Gasteiger partial charge in [0, 0.05) is 20.1 Å². The fourth-order valence-corrected chi connectivity index (χ4v) is 3.54. The molecule has 0 aromatic heterocycles. The van der Waals surface area contributed by atoms with E-state index in [9.17, 15) is 0 Å². The van der Waals surface area contributed by atoms with Gasteiger partial charge in [-0.2, -0.15) is 0 Å². The van der Waals surface area contributed by atoms with Gasteiger partial charge in [-0.1, -0.05) is 11.6 Å². The van der Waals surface area contributed by atoms with Gasteiger partial charge in [-0.15, -0.1) is 0 Å². The predicted molar refractivity (Wildman–Crippen MR) is 84.9 cm³/mol. The summed E-state index contributed by atoms with van der Waals surface area (Å²) in [6.07, 6.45) is 14.7. The zero-order valence-electron chi connectivity index (χ0n) is 12.9. The van der Waals surface area contributed by atoms with E-state index in [-0.39, 0.29) is 0 Å². The molecular weight excluding hydrogens is 246 g/mol. The highest BCUT2D eigenvalue weighted by Gasteiger charge is 2.53. The van der Waals surface area contributed by atoms with Crippen molar-refractivity contribution in [3.8, 4) is 0 Å². The van der Waals surface area contributed by atoms with Crippen LogP contribution in [-0.4, -0.2) is 26.1 Å². The van der Waals surface area contributed by atoms with Crippen LogP contribution in [0.2, 0.25) is 0 Å². The molecule has 0 atom stereocenters. The number of hydrogen-bond acceptors (Lipinski definition) is 1. The van der Waals surface area contributed by atoms with Crippen molar-refractivity contribution < 1.29 is 0 Å². The van der Waals surface area contributed by atoms with Crippen LogP contribution in [0.15, 0.2) is 16.6 Å². The molecule has 3 nitrogen and oxygen atoms in total. The van der Waals surface area contributed by atoms with Crippen LogP contribution in [0.3, 0.4) is 0 Å². The Morgan fingerprint density at radius 2 is 2.15 bits per heavy atom. The smallest absolute Gasteiger partial charge is 0.191 e. The van der Waals surface area contributed by atoms with Crippen molar-refractivity contribution in [3.05, 3.63) is 11.6 Å². The first-order valence-electron chi connectivity index (χ1n) is 8.45. The van der Waals surface area contributed by atoms with Crippen LogP contribution in [0.25, 0.3) is 0 Å². The molecule has 0 spiro atoms. The van der Waals surface area contributed by atoms with E-state index in [1.807, 2.05) is 7.05 Å². The van der Waals surface area contributed by atoms with Gasteiger partial charge in [-0.25, -0.2) is 0 Å². The van der Waals surface area contributed by atoms with E-state index in [0.29, 0.717) is 5.41 Å². The predicted octanol–water partition coefficient (Wildman–Crippen LogP) is 3.23. The number of aliphatic imine (C=N–C) groups is 1. The summed E-state index contributed by atoms with van der Waals surface area (Å²) in [4.78, 5) is 4.36. The number of hydrogen-bond donors (Lipinski definition) is 2. The summed E-state index contributed by atoms with van der Waals surface area (Å²) in [5.74, 6) is 2.01. The maximum Gasteiger partial charge on any atom is 0.191 e. The lowest BCUT2D eigenvalue weighted by Crippen LogP contribution is -2.41. The Kier molecular flexibility index (Phi) is 4.32. The van der Waals surface area contributed by atoms with E-state index in [1.165, 1.54) is 57.8 Å². The van der Waals surface area contributed by atoms with Gasteiger partial charge in [0.2, 0.25) is 0 Å². The molecule has 2 N–H and O–H groups in total. The third-order valence-corrected chi connectivity index (χ3v) is 5.29. The van der Waals surface area contributed by atoms with Crippen LogP contribution in [0.4, 0.5) is 0 Å². The number of nitrogens with zero attached hydrogens (tertiary/aromatic N) is 1. The Morgan fingerprint density at radius 3 is 2.75 bits per heavy atom. The average Bonchev–Trinajstić information content (AvgIpc) is 3.37. The number of guanidine groups is 1. The van der Waals surface area contributed by atoms with Gasteiger partial charge in [0.1, 0.15) is 0 Å². The summed E-state index contributed by atoms with van der Waals surface area (Å²) in [7, 11) is 1.88. The monoisotopic (exact) mass is 275 g/mol. The van der Waals surface area contributed by atoms with Crippen LogP contribution < -0.4 is 10.6 Å². The van der Waals surface area contributed by atoms with E-state index in [2.05, 4.69) is 21.7 Å². The summed E-state index contributed by atoms with van der Waals surface area (Å²) in [6, 6.07) is 0. The third kappa shape index (κ3) is 3.56. The Balaban J connectivity index is 1.36. The standard InChI is InChI=1S/C17H29N3/c1-18-16(19-12-9-14-5-3-2-4-6-14)20-13-17(10-11-17)15-7-8-15/h5,15H,2-4,6-13H2,1H3,(H2,18,19,20). The first kappa shape index (κ1) is 14.0. The lowest BCUT2D eigenvalue weighted by molar-refractivity contribution is 0.431. The highest BCUT2D eigenvalue weighted by Crippen LogP contribution is 2.60. The second-order valence-corrected chi connectivity index (χ2v) is 6.85. The minimum atomic E-state index is 0.642. The maximum absolute atomic E-state index is 4.36. The summed E-state index contributed by atoms with van der Waals surface area (Å²) in [6.45, 7) is 2.14. The summed E-state index contributed by atoms with van der Waals surface area (Å²) < 4.78 is 0.